The first-order valence-electron chi connectivity index (χ1n) is 8.71. The van der Waals surface area contributed by atoms with Crippen LogP contribution < -0.4 is 0 Å². The number of fused-ring (bicyclic) bond motifs is 1. The second-order valence-corrected chi connectivity index (χ2v) is 8.96. The molecule has 154 valence electrons. The summed E-state index contributed by atoms with van der Waals surface area (Å²) in [6.45, 7) is 1.27. The van der Waals surface area contributed by atoms with Crippen LogP contribution in [0.15, 0.2) is 44.1 Å². The Morgan fingerprint density at radius 3 is 2.55 bits per heavy atom. The van der Waals surface area contributed by atoms with Crippen molar-refractivity contribution in [2.24, 2.45) is 15.0 Å². The highest BCUT2D eigenvalue weighted by atomic mass is 32.2. The molecule has 1 aromatic carbocycles. The number of aliphatic imine (C=N–C) groups is 3. The van der Waals surface area contributed by atoms with Crippen molar-refractivity contribution < 1.29 is 28.5 Å². The molecule has 12 heteroatoms. The molecular formula is C17H19N5O6S. The van der Waals surface area contributed by atoms with Crippen molar-refractivity contribution in [3.05, 3.63) is 29.8 Å². The molecule has 0 aliphatic carbocycles. The number of nitrogens with zero attached hydrogens (tertiary/aromatic N) is 4. The van der Waals surface area contributed by atoms with E-state index in [1.165, 1.54) is 12.1 Å². The molecule has 3 heterocycles. The number of rotatable bonds is 4. The first kappa shape index (κ1) is 19.8. The molecule has 1 unspecified atom stereocenters. The van der Waals surface area contributed by atoms with Crippen molar-refractivity contribution in [1.29, 1.82) is 5.41 Å². The van der Waals surface area contributed by atoms with Gasteiger partial charge in [-0.15, -0.1) is 0 Å². The minimum atomic E-state index is -4.30. The van der Waals surface area contributed by atoms with Crippen molar-refractivity contribution in [2.75, 3.05) is 6.61 Å². The molecule has 3 aliphatic rings. The zero-order valence-corrected chi connectivity index (χ0v) is 16.1. The number of aliphatic hydroxyl groups excluding tert-OH is 3. The minimum absolute atomic E-state index is 0.0715. The van der Waals surface area contributed by atoms with Crippen LogP contribution in [0.2, 0.25) is 0 Å². The van der Waals surface area contributed by atoms with Crippen LogP contribution in [0.25, 0.3) is 0 Å². The number of hydrogen-bond acceptors (Lipinski definition) is 10. The zero-order chi connectivity index (χ0) is 21.0. The summed E-state index contributed by atoms with van der Waals surface area (Å²) >= 11 is 0. The number of aliphatic hydroxyl groups is 3. The highest BCUT2D eigenvalue weighted by Gasteiger charge is 2.61. The summed E-state index contributed by atoms with van der Waals surface area (Å²) in [4.78, 5) is 10.7. The molecule has 1 fully saturated rings. The molecule has 0 amide bonds. The first-order chi connectivity index (χ1) is 13.7. The first-order valence-corrected chi connectivity index (χ1v) is 10.2. The van der Waals surface area contributed by atoms with Crippen LogP contribution in [-0.2, 0) is 14.6 Å². The number of benzene rings is 1. The maximum atomic E-state index is 13.5. The van der Waals surface area contributed by atoms with Crippen LogP contribution in [0, 0.1) is 12.3 Å². The standard InChI is InChI=1S/C17H19N5O6S/c1-9-2-4-10(5-3-9)29(26,27)17-15(18)19-7-20-16(17)22(8-21-17)14-13(25)12(24)11(6-23)28-14/h2-5,7-8,11-14,18,23-25H,6H2,1H3/t11-,12-,13-,14-,17?/m1/s1. The van der Waals surface area contributed by atoms with Gasteiger partial charge in [0.15, 0.2) is 17.9 Å². The van der Waals surface area contributed by atoms with E-state index in [9.17, 15) is 23.7 Å². The van der Waals surface area contributed by atoms with Crippen molar-refractivity contribution in [2.45, 2.75) is 41.2 Å². The van der Waals surface area contributed by atoms with Crippen molar-refractivity contribution in [1.82, 2.24) is 4.90 Å². The summed E-state index contributed by atoms with van der Waals surface area (Å²) < 4.78 is 32.5. The summed E-state index contributed by atoms with van der Waals surface area (Å²) in [7, 11) is -4.30. The van der Waals surface area contributed by atoms with E-state index >= 15 is 0 Å². The van der Waals surface area contributed by atoms with Gasteiger partial charge in [0.2, 0.25) is 9.84 Å². The van der Waals surface area contributed by atoms with Gasteiger partial charge in [-0.1, -0.05) is 17.7 Å². The predicted molar refractivity (Wildman–Crippen MR) is 103 cm³/mol. The second kappa shape index (κ2) is 6.78. The molecule has 5 atom stereocenters. The molecule has 4 N–H and O–H groups in total. The topological polar surface area (TPSA) is 168 Å². The van der Waals surface area contributed by atoms with E-state index in [-0.39, 0.29) is 10.7 Å². The van der Waals surface area contributed by atoms with E-state index in [2.05, 4.69) is 15.0 Å². The predicted octanol–water partition coefficient (Wildman–Crippen LogP) is -1.33. The highest BCUT2D eigenvalue weighted by Crippen LogP contribution is 2.38. The fraction of sp³-hybridized carbons (Fsp3) is 0.412. The third kappa shape index (κ3) is 2.68. The Morgan fingerprint density at radius 1 is 1.24 bits per heavy atom. The van der Waals surface area contributed by atoms with Crippen molar-refractivity contribution >= 4 is 34.2 Å². The number of sulfone groups is 1. The van der Waals surface area contributed by atoms with Crippen LogP contribution in [0.5, 0.6) is 0 Å². The van der Waals surface area contributed by atoms with E-state index in [4.69, 9.17) is 10.1 Å². The normalized spacial score (nSPS) is 33.9. The lowest BCUT2D eigenvalue weighted by Crippen LogP contribution is -2.57. The van der Waals surface area contributed by atoms with Gasteiger partial charge in [0.05, 0.1) is 17.8 Å². The maximum Gasteiger partial charge on any atom is 0.283 e. The van der Waals surface area contributed by atoms with Crippen LogP contribution in [0.4, 0.5) is 0 Å². The van der Waals surface area contributed by atoms with Crippen LogP contribution >= 0.6 is 0 Å². The van der Waals surface area contributed by atoms with Gasteiger partial charge in [-0.05, 0) is 19.1 Å². The van der Waals surface area contributed by atoms with Gasteiger partial charge in [-0.3, -0.25) is 10.3 Å². The van der Waals surface area contributed by atoms with Crippen LogP contribution in [-0.4, -0.2) is 89.0 Å². The Kier molecular flexibility index (Phi) is 4.63. The number of amidine groups is 2. The molecular weight excluding hydrogens is 402 g/mol. The highest BCUT2D eigenvalue weighted by molar-refractivity contribution is 7.94. The Hall–Kier alpha value is -2.51. The Labute approximate surface area is 166 Å². The fourth-order valence-corrected chi connectivity index (χ4v) is 5.21. The average molecular weight is 421 g/mol. The number of aryl methyl sites for hydroxylation is 1. The lowest BCUT2D eigenvalue weighted by atomic mass is 10.1. The number of hydrogen-bond donors (Lipinski definition) is 4. The molecule has 0 saturated carbocycles. The third-order valence-corrected chi connectivity index (χ3v) is 7.26. The largest absolute Gasteiger partial charge is 0.394 e. The molecule has 1 saturated heterocycles. The van der Waals surface area contributed by atoms with E-state index in [1.807, 2.05) is 6.92 Å². The van der Waals surface area contributed by atoms with E-state index in [0.29, 0.717) is 0 Å². The van der Waals surface area contributed by atoms with Crippen molar-refractivity contribution in [3.63, 3.8) is 0 Å². The molecule has 0 radical (unpaired) electrons. The number of ether oxygens (including phenoxy) is 1. The van der Waals surface area contributed by atoms with Gasteiger partial charge < -0.3 is 20.1 Å². The monoisotopic (exact) mass is 421 g/mol. The lowest BCUT2D eigenvalue weighted by molar-refractivity contribution is -0.0510. The Morgan fingerprint density at radius 2 is 1.93 bits per heavy atom. The summed E-state index contributed by atoms with van der Waals surface area (Å²) in [6, 6.07) is 6.07. The molecule has 11 nitrogen and oxygen atoms in total. The van der Waals surface area contributed by atoms with Gasteiger partial charge in [-0.25, -0.2) is 23.4 Å². The van der Waals surface area contributed by atoms with Gasteiger partial charge in [0, 0.05) is 0 Å². The van der Waals surface area contributed by atoms with Gasteiger partial charge in [0.25, 0.3) is 4.87 Å². The quantitative estimate of drug-likeness (QED) is 0.467. The lowest BCUT2D eigenvalue weighted by Gasteiger charge is -2.32. The fourth-order valence-electron chi connectivity index (χ4n) is 3.48. The summed E-state index contributed by atoms with van der Waals surface area (Å²) in [6.07, 6.45) is -3.06. The molecule has 0 bridgehead atoms. The average Bonchev–Trinajstić information content (AvgIpc) is 3.22. The van der Waals surface area contributed by atoms with E-state index in [0.717, 1.165) is 23.1 Å². The molecule has 1 aromatic rings. The van der Waals surface area contributed by atoms with Gasteiger partial charge in [-0.2, -0.15) is 0 Å². The molecule has 4 rings (SSSR count). The van der Waals surface area contributed by atoms with Crippen LogP contribution in [0.1, 0.15) is 5.56 Å². The zero-order valence-electron chi connectivity index (χ0n) is 15.2. The Balaban J connectivity index is 1.79. The minimum Gasteiger partial charge on any atom is -0.394 e. The van der Waals surface area contributed by atoms with Crippen LogP contribution in [0.3, 0.4) is 0 Å². The maximum absolute atomic E-state index is 13.5. The van der Waals surface area contributed by atoms with Gasteiger partial charge in [0.1, 0.15) is 24.7 Å². The molecule has 0 spiro atoms. The van der Waals surface area contributed by atoms with Crippen molar-refractivity contribution in [3.8, 4) is 0 Å². The molecule has 0 aromatic heterocycles. The molecule has 29 heavy (non-hydrogen) atoms. The van der Waals surface area contributed by atoms with Gasteiger partial charge >= 0.3 is 0 Å². The van der Waals surface area contributed by atoms with E-state index in [1.54, 1.807) is 12.1 Å². The number of nitrogens with one attached hydrogen (secondary N) is 1. The SMILES string of the molecule is Cc1ccc(S(=O)(=O)C23N=CN([C@@H]4O[C@H](CO)[C@@H](O)[C@H]4O)C2=NC=NC3=N)cc1. The second-order valence-electron chi connectivity index (χ2n) is 6.89. The third-order valence-electron chi connectivity index (χ3n) is 5.11. The molecule has 3 aliphatic heterocycles. The Bertz CT molecular complexity index is 1040. The summed E-state index contributed by atoms with van der Waals surface area (Å²) in [5.74, 6) is -0.763. The summed E-state index contributed by atoms with van der Waals surface area (Å²) in [5.41, 5.74) is 0.857. The van der Waals surface area contributed by atoms with E-state index < -0.39 is 51.7 Å². The summed E-state index contributed by atoms with van der Waals surface area (Å²) in [5, 5.41) is 37.9. The smallest absolute Gasteiger partial charge is 0.283 e.